The average Bonchev–Trinajstić information content (AvgIpc) is 2.41. The van der Waals surface area contributed by atoms with Crippen LogP contribution in [0.3, 0.4) is 0 Å². The normalized spacial score (nSPS) is 11.3. The number of para-hydroxylation sites is 1. The van der Waals surface area contributed by atoms with Crippen LogP contribution in [0.2, 0.25) is 0 Å². The molecule has 2 aromatic rings. The van der Waals surface area contributed by atoms with Crippen LogP contribution in [0.5, 0.6) is 0 Å². The summed E-state index contributed by atoms with van der Waals surface area (Å²) in [5, 5.41) is 5.17. The molecule has 0 amide bonds. The van der Waals surface area contributed by atoms with Crippen LogP contribution in [0.1, 0.15) is 6.92 Å². The van der Waals surface area contributed by atoms with Crippen molar-refractivity contribution in [3.8, 4) is 0 Å². The van der Waals surface area contributed by atoms with E-state index < -0.39 is 10.0 Å². The van der Waals surface area contributed by atoms with Gasteiger partial charge in [-0.05, 0) is 37.3 Å². The first-order valence-corrected chi connectivity index (χ1v) is 7.73. The summed E-state index contributed by atoms with van der Waals surface area (Å²) in [7, 11) is -3.75. The SMILES string of the molecule is CCN(c1ccccc1)c1cc(S(N)(=O)=O)ccc1N. The van der Waals surface area contributed by atoms with Gasteiger partial charge in [-0.1, -0.05) is 18.2 Å². The molecular formula is C14H17N3O2S. The molecule has 5 nitrogen and oxygen atoms in total. The molecule has 0 atom stereocenters. The fourth-order valence-corrected chi connectivity index (χ4v) is 2.57. The highest BCUT2D eigenvalue weighted by Gasteiger charge is 2.15. The van der Waals surface area contributed by atoms with Crippen LogP contribution in [0.15, 0.2) is 53.4 Å². The lowest BCUT2D eigenvalue weighted by Crippen LogP contribution is -2.19. The Bertz CT molecular complexity index is 700. The van der Waals surface area contributed by atoms with Crippen molar-refractivity contribution in [2.75, 3.05) is 17.2 Å². The van der Waals surface area contributed by atoms with Crippen molar-refractivity contribution in [3.63, 3.8) is 0 Å². The zero-order valence-corrected chi connectivity index (χ0v) is 12.0. The number of benzene rings is 2. The van der Waals surface area contributed by atoms with E-state index in [1.54, 1.807) is 6.07 Å². The van der Waals surface area contributed by atoms with Gasteiger partial charge in [0.05, 0.1) is 16.3 Å². The zero-order valence-electron chi connectivity index (χ0n) is 11.2. The number of nitrogen functional groups attached to an aromatic ring is 1. The molecule has 0 aromatic heterocycles. The van der Waals surface area contributed by atoms with Crippen LogP contribution in [0, 0.1) is 0 Å². The van der Waals surface area contributed by atoms with Gasteiger partial charge >= 0.3 is 0 Å². The molecule has 0 heterocycles. The minimum absolute atomic E-state index is 0.0519. The van der Waals surface area contributed by atoms with Gasteiger partial charge in [-0.15, -0.1) is 0 Å². The van der Waals surface area contributed by atoms with Crippen molar-refractivity contribution in [1.82, 2.24) is 0 Å². The Hall–Kier alpha value is -2.05. The van der Waals surface area contributed by atoms with Crippen molar-refractivity contribution < 1.29 is 8.42 Å². The molecule has 20 heavy (non-hydrogen) atoms. The Kier molecular flexibility index (Phi) is 3.96. The van der Waals surface area contributed by atoms with E-state index >= 15 is 0 Å². The summed E-state index contributed by atoms with van der Waals surface area (Å²) in [6, 6.07) is 14.1. The molecule has 2 aromatic carbocycles. The van der Waals surface area contributed by atoms with Gasteiger partial charge in [-0.2, -0.15) is 0 Å². The van der Waals surface area contributed by atoms with E-state index in [0.717, 1.165) is 5.69 Å². The quantitative estimate of drug-likeness (QED) is 0.844. The molecule has 0 bridgehead atoms. The lowest BCUT2D eigenvalue weighted by atomic mass is 10.2. The number of hydrogen-bond acceptors (Lipinski definition) is 4. The second kappa shape index (κ2) is 5.52. The Morgan fingerprint density at radius 1 is 1.10 bits per heavy atom. The van der Waals surface area contributed by atoms with E-state index in [-0.39, 0.29) is 4.90 Å². The van der Waals surface area contributed by atoms with Crippen molar-refractivity contribution in [3.05, 3.63) is 48.5 Å². The molecule has 0 aliphatic carbocycles. The minimum atomic E-state index is -3.75. The molecule has 2 rings (SSSR count). The predicted molar refractivity (Wildman–Crippen MR) is 81.3 cm³/mol. The number of nitrogens with two attached hydrogens (primary N) is 2. The van der Waals surface area contributed by atoms with E-state index in [4.69, 9.17) is 10.9 Å². The molecule has 0 radical (unpaired) electrons. The Morgan fingerprint density at radius 2 is 1.75 bits per heavy atom. The van der Waals surface area contributed by atoms with Gasteiger partial charge in [-0.3, -0.25) is 0 Å². The molecule has 0 aliphatic rings. The molecule has 106 valence electrons. The number of rotatable bonds is 4. The number of hydrogen-bond donors (Lipinski definition) is 2. The topological polar surface area (TPSA) is 89.4 Å². The third-order valence-electron chi connectivity index (χ3n) is 3.01. The van der Waals surface area contributed by atoms with Crippen LogP contribution >= 0.6 is 0 Å². The lowest BCUT2D eigenvalue weighted by Gasteiger charge is -2.25. The van der Waals surface area contributed by atoms with E-state index in [1.807, 2.05) is 42.2 Å². The highest BCUT2D eigenvalue weighted by Crippen LogP contribution is 2.31. The minimum Gasteiger partial charge on any atom is -0.397 e. The summed E-state index contributed by atoms with van der Waals surface area (Å²) in [6.07, 6.45) is 0. The molecule has 0 fully saturated rings. The smallest absolute Gasteiger partial charge is 0.238 e. The molecule has 0 saturated heterocycles. The Balaban J connectivity index is 2.55. The number of nitrogens with zero attached hydrogens (tertiary/aromatic N) is 1. The van der Waals surface area contributed by atoms with Crippen molar-refractivity contribution in [1.29, 1.82) is 0 Å². The lowest BCUT2D eigenvalue weighted by molar-refractivity contribution is 0.598. The molecule has 0 unspecified atom stereocenters. The monoisotopic (exact) mass is 291 g/mol. The van der Waals surface area contributed by atoms with Crippen LogP contribution in [0.25, 0.3) is 0 Å². The average molecular weight is 291 g/mol. The van der Waals surface area contributed by atoms with Gasteiger partial charge in [-0.25, -0.2) is 13.6 Å². The molecule has 4 N–H and O–H groups in total. The van der Waals surface area contributed by atoms with Gasteiger partial charge in [0.1, 0.15) is 0 Å². The van der Waals surface area contributed by atoms with Crippen molar-refractivity contribution >= 4 is 27.1 Å². The highest BCUT2D eigenvalue weighted by molar-refractivity contribution is 7.89. The van der Waals surface area contributed by atoms with E-state index in [1.165, 1.54) is 12.1 Å². The highest BCUT2D eigenvalue weighted by atomic mass is 32.2. The summed E-state index contributed by atoms with van der Waals surface area (Å²) in [5.74, 6) is 0. The second-order valence-electron chi connectivity index (χ2n) is 4.35. The van der Waals surface area contributed by atoms with Gasteiger partial charge in [0.2, 0.25) is 10.0 Å². The van der Waals surface area contributed by atoms with Gasteiger partial charge in [0, 0.05) is 12.2 Å². The largest absolute Gasteiger partial charge is 0.397 e. The molecule has 0 saturated carbocycles. The predicted octanol–water partition coefficient (Wildman–Crippen LogP) is 2.07. The summed E-state index contributed by atoms with van der Waals surface area (Å²) in [6.45, 7) is 2.62. The third-order valence-corrected chi connectivity index (χ3v) is 3.92. The van der Waals surface area contributed by atoms with Crippen molar-refractivity contribution in [2.24, 2.45) is 5.14 Å². The van der Waals surface area contributed by atoms with E-state index in [9.17, 15) is 8.42 Å². The Labute approximate surface area is 118 Å². The number of primary sulfonamides is 1. The first-order chi connectivity index (χ1) is 9.43. The fourth-order valence-electron chi connectivity index (χ4n) is 2.03. The van der Waals surface area contributed by atoms with Gasteiger partial charge < -0.3 is 10.6 Å². The third kappa shape index (κ3) is 2.92. The summed E-state index contributed by atoms with van der Waals surface area (Å²) >= 11 is 0. The molecular weight excluding hydrogens is 274 g/mol. The van der Waals surface area contributed by atoms with Gasteiger partial charge in [0.25, 0.3) is 0 Å². The van der Waals surface area contributed by atoms with E-state index in [0.29, 0.717) is 17.9 Å². The maximum atomic E-state index is 11.5. The standard InChI is InChI=1S/C14H17N3O2S/c1-2-17(11-6-4-3-5-7-11)14-10-12(20(16,18)19)8-9-13(14)15/h3-10H,2,15H2,1H3,(H2,16,18,19). The zero-order chi connectivity index (χ0) is 14.8. The van der Waals surface area contributed by atoms with E-state index in [2.05, 4.69) is 0 Å². The molecule has 6 heteroatoms. The first-order valence-electron chi connectivity index (χ1n) is 6.18. The van der Waals surface area contributed by atoms with Crippen LogP contribution in [-0.2, 0) is 10.0 Å². The van der Waals surface area contributed by atoms with Crippen LogP contribution in [0.4, 0.5) is 17.1 Å². The van der Waals surface area contributed by atoms with Crippen molar-refractivity contribution in [2.45, 2.75) is 11.8 Å². The molecule has 0 aliphatic heterocycles. The number of sulfonamides is 1. The maximum absolute atomic E-state index is 11.5. The first kappa shape index (κ1) is 14.4. The molecule has 0 spiro atoms. The Morgan fingerprint density at radius 3 is 2.30 bits per heavy atom. The van der Waals surface area contributed by atoms with Crippen LogP contribution < -0.4 is 15.8 Å². The number of anilines is 3. The van der Waals surface area contributed by atoms with Gasteiger partial charge in [0.15, 0.2) is 0 Å². The van der Waals surface area contributed by atoms with Crippen LogP contribution in [-0.4, -0.2) is 15.0 Å². The fraction of sp³-hybridized carbons (Fsp3) is 0.143. The second-order valence-corrected chi connectivity index (χ2v) is 5.91. The summed E-state index contributed by atoms with van der Waals surface area (Å²) in [4.78, 5) is 1.99. The summed E-state index contributed by atoms with van der Waals surface area (Å²) in [5.41, 5.74) is 8.04. The maximum Gasteiger partial charge on any atom is 0.238 e. The summed E-state index contributed by atoms with van der Waals surface area (Å²) < 4.78 is 22.9.